The van der Waals surface area contributed by atoms with E-state index in [-0.39, 0.29) is 57.1 Å². The predicted molar refractivity (Wildman–Crippen MR) is 170 cm³/mol. The normalized spacial score (nSPS) is 14.6. The first-order valence-electron chi connectivity index (χ1n) is 15.7. The number of fused-ring (bicyclic) bond motifs is 2. The van der Waals surface area contributed by atoms with Crippen LogP contribution in [-0.4, -0.2) is 94.1 Å². The Morgan fingerprint density at radius 3 is 1.94 bits per heavy atom. The van der Waals surface area contributed by atoms with Crippen molar-refractivity contribution in [1.29, 1.82) is 0 Å². The van der Waals surface area contributed by atoms with E-state index in [1.54, 1.807) is 4.90 Å². The van der Waals surface area contributed by atoms with E-state index >= 15 is 0 Å². The minimum Gasteiger partial charge on any atom is -0.378 e. The molecule has 0 spiro atoms. The maximum absolute atomic E-state index is 13.3. The van der Waals surface area contributed by atoms with E-state index in [0.29, 0.717) is 57.8 Å². The van der Waals surface area contributed by atoms with Gasteiger partial charge in [0.15, 0.2) is 0 Å². The molecule has 1 fully saturated rings. The van der Waals surface area contributed by atoms with Gasteiger partial charge in [-0.05, 0) is 22.8 Å². The quantitative estimate of drug-likeness (QED) is 0.177. The number of benzene rings is 2. The van der Waals surface area contributed by atoms with Gasteiger partial charge in [0.05, 0.1) is 71.5 Å². The maximum Gasteiger partial charge on any atom is 0.335 e. The van der Waals surface area contributed by atoms with E-state index in [9.17, 15) is 24.0 Å². The Kier molecular flexibility index (Phi) is 14.5. The molecule has 1 saturated heterocycles. The average Bonchev–Trinajstić information content (AvgIpc) is 3.38. The van der Waals surface area contributed by atoms with Crippen LogP contribution in [0, 0.1) is 0 Å². The first kappa shape index (κ1) is 35.4. The third-order valence-corrected chi connectivity index (χ3v) is 7.25. The maximum atomic E-state index is 13.3. The van der Waals surface area contributed by atoms with Gasteiger partial charge in [-0.2, -0.15) is 0 Å². The first-order valence-corrected chi connectivity index (χ1v) is 15.7. The summed E-state index contributed by atoms with van der Waals surface area (Å²) in [5.41, 5.74) is 3.88. The van der Waals surface area contributed by atoms with Gasteiger partial charge in [0.2, 0.25) is 11.8 Å². The molecule has 2 heterocycles. The van der Waals surface area contributed by atoms with E-state index in [0.717, 1.165) is 22.4 Å². The molecule has 4 rings (SSSR count). The molecule has 0 aliphatic carbocycles. The number of imide groups is 1. The number of hydrogen-bond acceptors (Lipinski definition) is 10. The molecular weight excluding hydrogens is 610 g/mol. The van der Waals surface area contributed by atoms with Crippen molar-refractivity contribution >= 4 is 47.4 Å². The molecule has 0 unspecified atom stereocenters. The van der Waals surface area contributed by atoms with Crippen molar-refractivity contribution in [1.82, 2.24) is 10.4 Å². The molecule has 0 saturated carbocycles. The minimum absolute atomic E-state index is 0.0488. The molecule has 0 atom stereocenters. The Balaban J connectivity index is 0.970. The van der Waals surface area contributed by atoms with Gasteiger partial charge >= 0.3 is 5.97 Å². The molecule has 2 aliphatic rings. The molecule has 2 aromatic rings. The van der Waals surface area contributed by atoms with Crippen LogP contribution in [0.1, 0.15) is 48.8 Å². The number of amides is 4. The van der Waals surface area contributed by atoms with Gasteiger partial charge in [-0.1, -0.05) is 54.6 Å². The average molecular weight is 652 g/mol. The minimum atomic E-state index is -0.713. The van der Waals surface area contributed by atoms with Gasteiger partial charge in [-0.25, -0.2) is 4.79 Å². The number of carbonyl (C=O) groups excluding carboxylic acids is 5. The highest BCUT2D eigenvalue weighted by molar-refractivity contribution is 6.01. The lowest BCUT2D eigenvalue weighted by Gasteiger charge is -2.27. The molecule has 1 N–H and O–H groups in total. The second-order valence-electron chi connectivity index (χ2n) is 10.7. The summed E-state index contributed by atoms with van der Waals surface area (Å²) >= 11 is 0. The molecule has 0 bridgehead atoms. The largest absolute Gasteiger partial charge is 0.378 e. The van der Waals surface area contributed by atoms with Crippen molar-refractivity contribution < 1.29 is 47.8 Å². The number of hydroxylamine groups is 2. The van der Waals surface area contributed by atoms with Crippen molar-refractivity contribution in [3.63, 3.8) is 0 Å². The number of carbonyl (C=O) groups is 5. The molecular formula is C34H41N3O10. The van der Waals surface area contributed by atoms with Crippen LogP contribution in [0.4, 0.5) is 5.69 Å². The number of nitrogens with zero attached hydrogens (tertiary/aromatic N) is 2. The smallest absolute Gasteiger partial charge is 0.335 e. The number of hydrogen-bond donors (Lipinski definition) is 1. The molecule has 13 nitrogen and oxygen atoms in total. The van der Waals surface area contributed by atoms with E-state index in [1.165, 1.54) is 0 Å². The van der Waals surface area contributed by atoms with Gasteiger partial charge in [-0.3, -0.25) is 19.2 Å². The summed E-state index contributed by atoms with van der Waals surface area (Å²) in [6, 6.07) is 15.7. The Labute approximate surface area is 273 Å². The zero-order valence-corrected chi connectivity index (χ0v) is 26.4. The molecule has 0 aromatic heterocycles. The summed E-state index contributed by atoms with van der Waals surface area (Å²) in [6.45, 7) is 3.15. The zero-order chi connectivity index (χ0) is 33.3. The third-order valence-electron chi connectivity index (χ3n) is 7.25. The molecule has 47 heavy (non-hydrogen) atoms. The van der Waals surface area contributed by atoms with Gasteiger partial charge < -0.3 is 34.0 Å². The standard InChI is InChI=1S/C34H41N3O10/c38-30(11-12-31(39)36-25-28-7-2-1-5-26(28)9-10-27-6-3-4-8-29(27)36)35-16-18-44-20-22-46-24-23-45-21-19-43-17-15-34(42)47-37-32(40)13-14-33(37)41/h1-10H,11-25H2,(H,35,38)/b10-9-. The lowest BCUT2D eigenvalue weighted by atomic mass is 10.0. The lowest BCUT2D eigenvalue weighted by Crippen LogP contribution is -2.33. The van der Waals surface area contributed by atoms with Crippen LogP contribution in [0.25, 0.3) is 12.2 Å². The molecule has 4 amide bonds. The fourth-order valence-electron chi connectivity index (χ4n) is 4.80. The third kappa shape index (κ3) is 11.7. The topological polar surface area (TPSA) is 150 Å². The van der Waals surface area contributed by atoms with Crippen molar-refractivity contribution in [2.45, 2.75) is 38.6 Å². The van der Waals surface area contributed by atoms with Crippen molar-refractivity contribution in [2.24, 2.45) is 0 Å². The summed E-state index contributed by atoms with van der Waals surface area (Å²) in [4.78, 5) is 66.7. The van der Waals surface area contributed by atoms with Gasteiger partial charge in [0.25, 0.3) is 11.8 Å². The molecule has 252 valence electrons. The number of rotatable bonds is 19. The second kappa shape index (κ2) is 19.3. The van der Waals surface area contributed by atoms with Crippen LogP contribution >= 0.6 is 0 Å². The number of nitrogens with one attached hydrogen (secondary N) is 1. The van der Waals surface area contributed by atoms with E-state index in [2.05, 4.69) is 11.4 Å². The van der Waals surface area contributed by atoms with Gasteiger partial charge in [0, 0.05) is 32.2 Å². The van der Waals surface area contributed by atoms with E-state index < -0.39 is 17.8 Å². The van der Waals surface area contributed by atoms with Crippen LogP contribution in [0.5, 0.6) is 0 Å². The molecule has 0 radical (unpaired) electrons. The van der Waals surface area contributed by atoms with Gasteiger partial charge in [-0.15, -0.1) is 5.06 Å². The van der Waals surface area contributed by atoms with Crippen molar-refractivity contribution in [3.8, 4) is 0 Å². The SMILES string of the molecule is O=C(CCC(=O)N1Cc2ccccc2/C=C\c2ccccc21)NCCOCCOCCOCCOCCC(=O)ON1C(=O)CCC1=O. The summed E-state index contributed by atoms with van der Waals surface area (Å²) < 4.78 is 21.6. The monoisotopic (exact) mass is 651 g/mol. The number of para-hydroxylation sites is 1. The van der Waals surface area contributed by atoms with Crippen molar-refractivity contribution in [2.75, 3.05) is 64.3 Å². The van der Waals surface area contributed by atoms with Crippen LogP contribution in [0.3, 0.4) is 0 Å². The Morgan fingerprint density at radius 2 is 1.23 bits per heavy atom. The highest BCUT2D eigenvalue weighted by atomic mass is 16.7. The van der Waals surface area contributed by atoms with Crippen LogP contribution < -0.4 is 10.2 Å². The molecule has 2 aliphatic heterocycles. The summed E-state index contributed by atoms with van der Waals surface area (Å²) in [6.07, 6.45) is 4.25. The molecule has 13 heteroatoms. The first-order chi connectivity index (χ1) is 22.9. The lowest BCUT2D eigenvalue weighted by molar-refractivity contribution is -0.198. The summed E-state index contributed by atoms with van der Waals surface area (Å²) in [5, 5.41) is 3.30. The highest BCUT2D eigenvalue weighted by Crippen LogP contribution is 2.29. The zero-order valence-electron chi connectivity index (χ0n) is 26.4. The Morgan fingerprint density at radius 1 is 0.660 bits per heavy atom. The molecule has 2 aromatic carbocycles. The van der Waals surface area contributed by atoms with Gasteiger partial charge in [0.1, 0.15) is 0 Å². The Hall–Kier alpha value is -4.43. The number of anilines is 1. The predicted octanol–water partition coefficient (Wildman–Crippen LogP) is 2.66. The second-order valence-corrected chi connectivity index (χ2v) is 10.7. The fourth-order valence-corrected chi connectivity index (χ4v) is 4.80. The Bertz CT molecular complexity index is 1400. The van der Waals surface area contributed by atoms with Crippen LogP contribution in [0.15, 0.2) is 48.5 Å². The van der Waals surface area contributed by atoms with Crippen LogP contribution in [0.2, 0.25) is 0 Å². The van der Waals surface area contributed by atoms with E-state index in [4.69, 9.17) is 23.8 Å². The highest BCUT2D eigenvalue weighted by Gasteiger charge is 2.32. The van der Waals surface area contributed by atoms with Crippen LogP contribution in [-0.2, 0) is 54.3 Å². The van der Waals surface area contributed by atoms with E-state index in [1.807, 2.05) is 54.6 Å². The summed E-state index contributed by atoms with van der Waals surface area (Å²) in [7, 11) is 0. The summed E-state index contributed by atoms with van der Waals surface area (Å²) in [5.74, 6) is -2.08. The van der Waals surface area contributed by atoms with Crippen molar-refractivity contribution in [3.05, 3.63) is 65.2 Å². The fraction of sp³-hybridized carbons (Fsp3) is 0.441. The number of ether oxygens (including phenoxy) is 4.